The van der Waals surface area contributed by atoms with E-state index in [-0.39, 0.29) is 24.2 Å². The summed E-state index contributed by atoms with van der Waals surface area (Å²) in [5.74, 6) is 2.57. The van der Waals surface area contributed by atoms with Crippen LogP contribution in [0, 0.1) is 17.8 Å². The minimum atomic E-state index is 0.00360. The molecule has 0 spiro atoms. The number of epoxide rings is 2. The molecule has 2 aliphatic heterocycles. The van der Waals surface area contributed by atoms with E-state index in [1.165, 1.54) is 39.0 Å². The molecule has 6 atom stereocenters. The topological polar surface area (TPSA) is 43.5 Å². The van der Waals surface area contributed by atoms with Crippen molar-refractivity contribution in [2.45, 2.75) is 98.4 Å². The molecule has 5 rings (SSSR count). The van der Waals surface area contributed by atoms with E-state index in [0.717, 1.165) is 57.5 Å². The first-order valence-electron chi connectivity index (χ1n) is 18.4. The highest BCUT2D eigenvalue weighted by Gasteiger charge is 2.26. The van der Waals surface area contributed by atoms with Crippen LogP contribution in [0.3, 0.4) is 0 Å². The van der Waals surface area contributed by atoms with Gasteiger partial charge in [-0.25, -0.2) is 0 Å². The Hall–Kier alpha value is -3.18. The fraction of sp³-hybridized carbons (Fsp3) is 0.500. The normalized spacial score (nSPS) is 21.2. The summed E-state index contributed by atoms with van der Waals surface area (Å²) in [6, 6.07) is 21.2. The summed E-state index contributed by atoms with van der Waals surface area (Å²) in [6.07, 6.45) is 11.4. The highest BCUT2D eigenvalue weighted by Crippen LogP contribution is 2.37. The van der Waals surface area contributed by atoms with E-state index >= 15 is 0 Å². The average molecular weight is 653 g/mol. The second-order valence-electron chi connectivity index (χ2n) is 13.6. The second kappa shape index (κ2) is 19.1. The highest BCUT2D eigenvalue weighted by atomic mass is 16.6. The van der Waals surface area contributed by atoms with E-state index in [0.29, 0.717) is 25.0 Å². The van der Waals surface area contributed by atoms with Crippen molar-refractivity contribution in [3.05, 3.63) is 120 Å². The van der Waals surface area contributed by atoms with E-state index in [2.05, 4.69) is 114 Å². The molecule has 1 aliphatic carbocycles. The van der Waals surface area contributed by atoms with Crippen molar-refractivity contribution in [3.63, 3.8) is 0 Å². The Morgan fingerprint density at radius 2 is 1.40 bits per heavy atom. The standard InChI is InChI=1S/C42H54O4.C2H6/c1-29(17-18-31(3)33(5)23-40(35-13-9-7-10-14-35)34(6)43-25-38-26-44-38)30(2)19-20-32(4)37-21-22-42(46-28-39-27-45-39)41(24-37)36-15-11-8-12-16-36;1-2/h7-16,23-24,29-30,33-34,38-39H,3-4,17-22,25-28H2,1-2,5-6H3;1-2H3/b40-23+;. The van der Waals surface area contributed by atoms with Gasteiger partial charge >= 0.3 is 0 Å². The molecule has 6 unspecified atom stereocenters. The van der Waals surface area contributed by atoms with Crippen molar-refractivity contribution in [2.75, 3.05) is 26.4 Å². The van der Waals surface area contributed by atoms with Gasteiger partial charge < -0.3 is 18.9 Å². The zero-order valence-corrected chi connectivity index (χ0v) is 30.5. The van der Waals surface area contributed by atoms with Crippen molar-refractivity contribution in [2.24, 2.45) is 17.8 Å². The van der Waals surface area contributed by atoms with E-state index in [4.69, 9.17) is 18.9 Å². The van der Waals surface area contributed by atoms with Crippen molar-refractivity contribution < 1.29 is 18.9 Å². The smallest absolute Gasteiger partial charge is 0.116 e. The molecule has 0 bridgehead atoms. The predicted molar refractivity (Wildman–Crippen MR) is 202 cm³/mol. The molecule has 2 saturated heterocycles. The molecule has 4 heteroatoms. The molecule has 4 nitrogen and oxygen atoms in total. The maximum absolute atomic E-state index is 6.23. The van der Waals surface area contributed by atoms with Crippen molar-refractivity contribution in [3.8, 4) is 0 Å². The van der Waals surface area contributed by atoms with Gasteiger partial charge in [0.25, 0.3) is 0 Å². The van der Waals surface area contributed by atoms with Gasteiger partial charge in [-0.3, -0.25) is 0 Å². The van der Waals surface area contributed by atoms with Gasteiger partial charge in [-0.15, -0.1) is 0 Å². The molecule has 0 saturated carbocycles. The van der Waals surface area contributed by atoms with Crippen molar-refractivity contribution in [1.82, 2.24) is 0 Å². The van der Waals surface area contributed by atoms with Gasteiger partial charge in [0.15, 0.2) is 0 Å². The van der Waals surface area contributed by atoms with Gasteiger partial charge in [-0.2, -0.15) is 0 Å². The van der Waals surface area contributed by atoms with E-state index in [1.807, 2.05) is 13.8 Å². The van der Waals surface area contributed by atoms with E-state index in [9.17, 15) is 0 Å². The summed E-state index contributed by atoms with van der Waals surface area (Å²) < 4.78 is 23.2. The lowest BCUT2D eigenvalue weighted by Gasteiger charge is -2.25. The van der Waals surface area contributed by atoms with Crippen LogP contribution in [0.25, 0.3) is 11.1 Å². The summed E-state index contributed by atoms with van der Waals surface area (Å²) >= 11 is 0. The Kier molecular flexibility index (Phi) is 15.0. The van der Waals surface area contributed by atoms with Gasteiger partial charge in [-0.1, -0.05) is 126 Å². The molecule has 2 aromatic carbocycles. The Bertz CT molecular complexity index is 1390. The maximum atomic E-state index is 6.23. The minimum Gasteiger partial charge on any atom is -0.494 e. The fourth-order valence-corrected chi connectivity index (χ4v) is 6.12. The summed E-state index contributed by atoms with van der Waals surface area (Å²) in [5, 5.41) is 0. The molecule has 2 fully saturated rings. The van der Waals surface area contributed by atoms with Crippen LogP contribution in [0.4, 0.5) is 0 Å². The van der Waals surface area contributed by atoms with Gasteiger partial charge in [-0.05, 0) is 85.1 Å². The van der Waals surface area contributed by atoms with Crippen LogP contribution in [0.1, 0.15) is 91.2 Å². The molecule has 0 radical (unpaired) electrons. The molecule has 48 heavy (non-hydrogen) atoms. The third kappa shape index (κ3) is 11.8. The fourth-order valence-electron chi connectivity index (χ4n) is 6.12. The lowest BCUT2D eigenvalue weighted by molar-refractivity contribution is 0.0886. The predicted octanol–water partition coefficient (Wildman–Crippen LogP) is 11.0. The number of allylic oxidation sites excluding steroid dienone is 7. The van der Waals surface area contributed by atoms with E-state index < -0.39 is 0 Å². The molecule has 0 N–H and O–H groups in total. The SMILES string of the molecule is C=C(CCC(C)C(C)CCC(=C)C(C)/C=C(/c1ccccc1)C(C)OCC1CO1)C1=CC(c2ccccc2)=C(OCC2CO2)CC1.CC. The number of ether oxygens (including phenoxy) is 4. The average Bonchev–Trinajstić information content (AvgIpc) is 4.07. The number of hydrogen-bond acceptors (Lipinski definition) is 4. The Labute approximate surface area is 291 Å². The van der Waals surface area contributed by atoms with Crippen molar-refractivity contribution >= 4 is 11.1 Å². The largest absolute Gasteiger partial charge is 0.494 e. The molecule has 0 aromatic heterocycles. The van der Waals surface area contributed by atoms with Crippen LogP contribution in [-0.2, 0) is 18.9 Å². The summed E-state index contributed by atoms with van der Waals surface area (Å²) in [4.78, 5) is 0. The maximum Gasteiger partial charge on any atom is 0.116 e. The molecule has 2 aromatic rings. The molecular weight excluding hydrogens is 592 g/mol. The lowest BCUT2D eigenvalue weighted by atomic mass is 9.82. The minimum absolute atomic E-state index is 0.00360. The van der Waals surface area contributed by atoms with Crippen LogP contribution in [-0.4, -0.2) is 44.7 Å². The molecule has 3 aliphatic rings. The number of hydrogen-bond donors (Lipinski definition) is 0. The third-order valence-electron chi connectivity index (χ3n) is 9.97. The monoisotopic (exact) mass is 652 g/mol. The quantitative estimate of drug-likeness (QED) is 0.112. The van der Waals surface area contributed by atoms with Gasteiger partial charge in [0.1, 0.15) is 24.6 Å². The first-order chi connectivity index (χ1) is 23.3. The Morgan fingerprint density at radius 3 is 2.02 bits per heavy atom. The van der Waals surface area contributed by atoms with Gasteiger partial charge in [0.05, 0.1) is 25.9 Å². The molecule has 260 valence electrons. The molecular formula is C44H60O4. The lowest BCUT2D eigenvalue weighted by Crippen LogP contribution is -2.15. The van der Waals surface area contributed by atoms with Crippen LogP contribution < -0.4 is 0 Å². The van der Waals surface area contributed by atoms with Crippen molar-refractivity contribution in [1.29, 1.82) is 0 Å². The zero-order valence-electron chi connectivity index (χ0n) is 30.5. The zero-order chi connectivity index (χ0) is 34.5. The van der Waals surface area contributed by atoms with Gasteiger partial charge in [0.2, 0.25) is 0 Å². The van der Waals surface area contributed by atoms with Crippen LogP contribution >= 0.6 is 0 Å². The second-order valence-corrected chi connectivity index (χ2v) is 13.6. The highest BCUT2D eigenvalue weighted by molar-refractivity contribution is 5.78. The third-order valence-corrected chi connectivity index (χ3v) is 9.97. The Morgan fingerprint density at radius 1 is 0.812 bits per heavy atom. The summed E-state index contributed by atoms with van der Waals surface area (Å²) in [6.45, 7) is 25.2. The Balaban J connectivity index is 0.00000255. The molecule has 2 heterocycles. The number of benzene rings is 2. The first kappa shape index (κ1) is 37.6. The van der Waals surface area contributed by atoms with E-state index in [1.54, 1.807) is 0 Å². The van der Waals surface area contributed by atoms with Crippen LogP contribution in [0.2, 0.25) is 0 Å². The first-order valence-corrected chi connectivity index (χ1v) is 18.4. The molecule has 0 amide bonds. The van der Waals surface area contributed by atoms with Crippen LogP contribution in [0.15, 0.2) is 108 Å². The summed E-state index contributed by atoms with van der Waals surface area (Å²) in [7, 11) is 0. The van der Waals surface area contributed by atoms with Gasteiger partial charge in [0, 0.05) is 12.0 Å². The van der Waals surface area contributed by atoms with Crippen LogP contribution in [0.5, 0.6) is 0 Å². The summed E-state index contributed by atoms with van der Waals surface area (Å²) in [5.41, 5.74) is 8.75. The number of rotatable bonds is 19.